The van der Waals surface area contributed by atoms with Crippen molar-refractivity contribution in [2.45, 2.75) is 25.5 Å². The highest BCUT2D eigenvalue weighted by Gasteiger charge is 2.14. The fourth-order valence-electron chi connectivity index (χ4n) is 2.72. The first-order valence-electron chi connectivity index (χ1n) is 8.68. The number of amides is 1. The number of carbonyl (C=O) groups excluding carboxylic acids is 1. The van der Waals surface area contributed by atoms with Crippen LogP contribution in [0.5, 0.6) is 0 Å². The zero-order valence-corrected chi connectivity index (χ0v) is 18.6. The molecule has 0 unspecified atom stereocenters. The van der Waals surface area contributed by atoms with Crippen molar-refractivity contribution in [2.24, 2.45) is 0 Å². The zero-order valence-electron chi connectivity index (χ0n) is 15.7. The van der Waals surface area contributed by atoms with E-state index in [4.69, 9.17) is 0 Å². The van der Waals surface area contributed by atoms with Crippen LogP contribution in [0.15, 0.2) is 64.6 Å². The van der Waals surface area contributed by atoms with E-state index in [2.05, 4.69) is 39.5 Å². The summed E-state index contributed by atoms with van der Waals surface area (Å²) in [6.45, 7) is 8.09. The number of anilines is 1. The molecule has 1 aromatic heterocycles. The summed E-state index contributed by atoms with van der Waals surface area (Å²) < 4.78 is 2.57. The topological polar surface area (TPSA) is 64.0 Å². The van der Waals surface area contributed by atoms with E-state index >= 15 is 0 Å². The smallest absolute Gasteiger partial charge is 0.262 e. The minimum Gasteiger partial charge on any atom is -0.325 e. The second-order valence-electron chi connectivity index (χ2n) is 6.56. The fourth-order valence-corrected chi connectivity index (χ4v) is 4.01. The van der Waals surface area contributed by atoms with Gasteiger partial charge in [0.05, 0.1) is 16.7 Å². The number of aryl methyl sites for hydroxylation is 1. The first-order valence-corrected chi connectivity index (χ1v) is 10.7. The Hall–Kier alpha value is -2.13. The molecule has 7 heteroatoms. The van der Waals surface area contributed by atoms with Gasteiger partial charge in [-0.15, -0.1) is 0 Å². The lowest BCUT2D eigenvalue weighted by Gasteiger charge is -2.13. The molecule has 28 heavy (non-hydrogen) atoms. The Bertz CT molecular complexity index is 1120. The highest BCUT2D eigenvalue weighted by molar-refractivity contribution is 14.1. The third kappa shape index (κ3) is 4.82. The summed E-state index contributed by atoms with van der Waals surface area (Å²) in [6, 6.07) is 13.2. The van der Waals surface area contributed by atoms with Crippen LogP contribution in [0.2, 0.25) is 0 Å². The molecule has 144 valence electrons. The van der Waals surface area contributed by atoms with Crippen LogP contribution in [0.4, 0.5) is 5.69 Å². The number of nitrogens with zero attached hydrogens (tertiary/aromatic N) is 2. The molecule has 3 rings (SSSR count). The van der Waals surface area contributed by atoms with E-state index in [-0.39, 0.29) is 17.2 Å². The molecule has 5 nitrogen and oxygen atoms in total. The predicted molar refractivity (Wildman–Crippen MR) is 124 cm³/mol. The molecule has 0 aliphatic heterocycles. The number of allylic oxidation sites excluding steroid dienone is 1. The minimum atomic E-state index is -0.141. The zero-order chi connectivity index (χ0) is 20.3. The van der Waals surface area contributed by atoms with Crippen molar-refractivity contribution in [1.29, 1.82) is 0 Å². The van der Waals surface area contributed by atoms with Gasteiger partial charge >= 0.3 is 0 Å². The number of rotatable bonds is 6. The monoisotopic (exact) mass is 505 g/mol. The van der Waals surface area contributed by atoms with Gasteiger partial charge in [0.15, 0.2) is 5.16 Å². The van der Waals surface area contributed by atoms with Gasteiger partial charge in [-0.25, -0.2) is 4.98 Å². The quantitative estimate of drug-likeness (QED) is 0.230. The molecule has 1 amide bonds. The van der Waals surface area contributed by atoms with Crippen LogP contribution in [0, 0.1) is 10.5 Å². The first-order chi connectivity index (χ1) is 13.3. The highest BCUT2D eigenvalue weighted by atomic mass is 127. The third-order valence-electron chi connectivity index (χ3n) is 4.06. The van der Waals surface area contributed by atoms with Crippen LogP contribution in [0.3, 0.4) is 0 Å². The molecule has 0 aliphatic carbocycles. The average Bonchev–Trinajstić information content (AvgIpc) is 2.65. The summed E-state index contributed by atoms with van der Waals surface area (Å²) in [6.07, 6.45) is 0. The van der Waals surface area contributed by atoms with Gasteiger partial charge in [-0.05, 0) is 66.3 Å². The fraction of sp³-hybridized carbons (Fsp3) is 0.190. The summed E-state index contributed by atoms with van der Waals surface area (Å²) in [5, 5.41) is 3.99. The largest absolute Gasteiger partial charge is 0.325 e. The van der Waals surface area contributed by atoms with E-state index in [1.165, 1.54) is 11.8 Å². The van der Waals surface area contributed by atoms with Crippen molar-refractivity contribution in [1.82, 2.24) is 9.55 Å². The standard InChI is InChI=1S/C21H20IN3O2S/c1-13(2)11-25-20(27)16-10-15(22)8-9-18(16)24-21(25)28-12-19(26)23-17-7-5-4-6-14(17)3/h4-10H,1,11-12H2,2-3H3,(H,23,26). The second-order valence-corrected chi connectivity index (χ2v) is 8.74. The van der Waals surface area contributed by atoms with Crippen molar-refractivity contribution in [3.8, 4) is 0 Å². The van der Waals surface area contributed by atoms with Crippen LogP contribution < -0.4 is 10.9 Å². The second kappa shape index (κ2) is 8.91. The maximum atomic E-state index is 13.0. The molecule has 1 heterocycles. The van der Waals surface area contributed by atoms with Gasteiger partial charge in [0.2, 0.25) is 5.91 Å². The molecule has 0 saturated heterocycles. The van der Waals surface area contributed by atoms with Gasteiger partial charge in [-0.3, -0.25) is 14.2 Å². The Kier molecular flexibility index (Phi) is 6.56. The number of fused-ring (bicyclic) bond motifs is 1. The molecule has 0 atom stereocenters. The van der Waals surface area contributed by atoms with Crippen molar-refractivity contribution in [3.05, 3.63) is 74.1 Å². The number of hydrogen-bond acceptors (Lipinski definition) is 4. The molecule has 0 spiro atoms. The molecular weight excluding hydrogens is 485 g/mol. The Morgan fingerprint density at radius 2 is 2.04 bits per heavy atom. The number of benzene rings is 2. The number of aromatic nitrogens is 2. The van der Waals surface area contributed by atoms with E-state index in [9.17, 15) is 9.59 Å². The Morgan fingerprint density at radius 3 is 2.75 bits per heavy atom. The maximum absolute atomic E-state index is 13.0. The molecule has 0 fully saturated rings. The minimum absolute atomic E-state index is 0.117. The molecule has 0 bridgehead atoms. The maximum Gasteiger partial charge on any atom is 0.262 e. The Balaban J connectivity index is 1.88. The number of hydrogen-bond donors (Lipinski definition) is 1. The van der Waals surface area contributed by atoms with Crippen LogP contribution in [0.25, 0.3) is 10.9 Å². The van der Waals surface area contributed by atoms with Gasteiger partial charge in [-0.1, -0.05) is 42.1 Å². The number of nitrogens with one attached hydrogen (secondary N) is 1. The van der Waals surface area contributed by atoms with E-state index in [0.717, 1.165) is 20.4 Å². The van der Waals surface area contributed by atoms with Crippen molar-refractivity contribution < 1.29 is 4.79 Å². The SMILES string of the molecule is C=C(C)Cn1c(SCC(=O)Nc2ccccc2C)nc2ccc(I)cc2c1=O. The van der Waals surface area contributed by atoms with Gasteiger partial charge < -0.3 is 5.32 Å². The number of para-hydroxylation sites is 1. The Labute approximate surface area is 181 Å². The highest BCUT2D eigenvalue weighted by Crippen LogP contribution is 2.21. The van der Waals surface area contributed by atoms with Gasteiger partial charge in [0.25, 0.3) is 5.56 Å². The van der Waals surface area contributed by atoms with Crippen molar-refractivity contribution in [3.63, 3.8) is 0 Å². The lowest BCUT2D eigenvalue weighted by molar-refractivity contribution is -0.113. The molecule has 3 aromatic rings. The van der Waals surface area contributed by atoms with E-state index in [0.29, 0.717) is 22.6 Å². The molecule has 0 aliphatic rings. The number of thioether (sulfide) groups is 1. The number of carbonyl (C=O) groups is 1. The molecular formula is C21H20IN3O2S. The van der Waals surface area contributed by atoms with Gasteiger partial charge in [0, 0.05) is 15.8 Å². The number of halogens is 1. The van der Waals surface area contributed by atoms with Crippen molar-refractivity contribution in [2.75, 3.05) is 11.1 Å². The molecule has 1 N–H and O–H groups in total. The normalized spacial score (nSPS) is 10.8. The van der Waals surface area contributed by atoms with E-state index in [1.54, 1.807) is 4.57 Å². The first kappa shape index (κ1) is 20.6. The summed E-state index contributed by atoms with van der Waals surface area (Å²) in [5.74, 6) is 0.0189. The van der Waals surface area contributed by atoms with Crippen LogP contribution in [-0.4, -0.2) is 21.2 Å². The van der Waals surface area contributed by atoms with Crippen LogP contribution >= 0.6 is 34.4 Å². The summed E-state index contributed by atoms with van der Waals surface area (Å²) in [4.78, 5) is 30.0. The van der Waals surface area contributed by atoms with Crippen molar-refractivity contribution >= 4 is 56.9 Å². The summed E-state index contributed by atoms with van der Waals surface area (Å²) >= 11 is 3.43. The predicted octanol–water partition coefficient (Wildman–Crippen LogP) is 4.62. The lowest BCUT2D eigenvalue weighted by Crippen LogP contribution is -2.25. The third-order valence-corrected chi connectivity index (χ3v) is 5.71. The summed E-state index contributed by atoms with van der Waals surface area (Å²) in [7, 11) is 0. The Morgan fingerprint density at radius 1 is 1.29 bits per heavy atom. The van der Waals surface area contributed by atoms with E-state index < -0.39 is 0 Å². The molecule has 0 saturated carbocycles. The lowest BCUT2D eigenvalue weighted by atomic mass is 10.2. The molecule has 0 radical (unpaired) electrons. The van der Waals surface area contributed by atoms with Gasteiger partial charge in [0.1, 0.15) is 0 Å². The summed E-state index contributed by atoms with van der Waals surface area (Å²) in [5.41, 5.74) is 3.14. The van der Waals surface area contributed by atoms with E-state index in [1.807, 2.05) is 56.3 Å². The molecule has 2 aromatic carbocycles. The average molecular weight is 505 g/mol. The van der Waals surface area contributed by atoms with Gasteiger partial charge in [-0.2, -0.15) is 0 Å². The van der Waals surface area contributed by atoms with Crippen LogP contribution in [-0.2, 0) is 11.3 Å². The van der Waals surface area contributed by atoms with Crippen LogP contribution in [0.1, 0.15) is 12.5 Å².